The van der Waals surface area contributed by atoms with Crippen LogP contribution in [0.1, 0.15) is 29.7 Å². The minimum Gasteiger partial charge on any atom is -0.326 e. The number of nitrogens with one attached hydrogen (secondary N) is 1. The fraction of sp³-hybridized carbons (Fsp3) is 0.471. The van der Waals surface area contributed by atoms with Crippen LogP contribution in [0.5, 0.6) is 0 Å². The first-order valence-electron chi connectivity index (χ1n) is 7.75. The van der Waals surface area contributed by atoms with E-state index < -0.39 is 0 Å². The molecular weight excluding hydrogens is 260 g/mol. The molecule has 0 aliphatic carbocycles. The van der Waals surface area contributed by atoms with Crippen molar-refractivity contribution in [2.24, 2.45) is 7.05 Å². The van der Waals surface area contributed by atoms with Crippen molar-refractivity contribution in [2.45, 2.75) is 32.7 Å². The maximum absolute atomic E-state index is 4.64. The number of hydrogen-bond acceptors (Lipinski definition) is 3. The van der Waals surface area contributed by atoms with E-state index in [9.17, 15) is 0 Å². The van der Waals surface area contributed by atoms with E-state index in [2.05, 4.69) is 53.6 Å². The molecule has 1 aromatic heterocycles. The average molecular weight is 284 g/mol. The zero-order valence-corrected chi connectivity index (χ0v) is 13.2. The van der Waals surface area contributed by atoms with Crippen LogP contribution in [0.4, 0.5) is 11.5 Å². The number of para-hydroxylation sites is 1. The summed E-state index contributed by atoms with van der Waals surface area (Å²) >= 11 is 0. The van der Waals surface area contributed by atoms with Crippen LogP contribution in [0.15, 0.2) is 24.3 Å². The summed E-state index contributed by atoms with van der Waals surface area (Å²) in [7, 11) is 4.04. The molecule has 2 heterocycles. The summed E-state index contributed by atoms with van der Waals surface area (Å²) in [6.45, 7) is 4.01. The van der Waals surface area contributed by atoms with Gasteiger partial charge < -0.3 is 10.2 Å². The van der Waals surface area contributed by atoms with Gasteiger partial charge in [-0.25, -0.2) is 0 Å². The number of nitrogens with zero attached hydrogens (tertiary/aromatic N) is 3. The first-order chi connectivity index (χ1) is 10.2. The number of benzene rings is 1. The van der Waals surface area contributed by atoms with Crippen molar-refractivity contribution in [2.75, 3.05) is 18.5 Å². The van der Waals surface area contributed by atoms with Crippen LogP contribution in [0.3, 0.4) is 0 Å². The molecule has 0 radical (unpaired) electrons. The van der Waals surface area contributed by atoms with Crippen molar-refractivity contribution >= 4 is 11.5 Å². The van der Waals surface area contributed by atoms with E-state index in [1.807, 2.05) is 11.7 Å². The highest BCUT2D eigenvalue weighted by molar-refractivity contribution is 5.67. The Kier molecular flexibility index (Phi) is 3.97. The lowest BCUT2D eigenvalue weighted by molar-refractivity contribution is 0.712. The summed E-state index contributed by atoms with van der Waals surface area (Å²) in [5.74, 6) is 1.23. The Balaban J connectivity index is 2.12. The van der Waals surface area contributed by atoms with Crippen molar-refractivity contribution in [3.8, 4) is 0 Å². The highest BCUT2D eigenvalue weighted by atomic mass is 15.4. The van der Waals surface area contributed by atoms with Gasteiger partial charge in [-0.15, -0.1) is 0 Å². The molecule has 1 aliphatic rings. The Bertz CT molecular complexity index is 630. The van der Waals surface area contributed by atoms with Crippen LogP contribution in [-0.2, 0) is 20.0 Å². The van der Waals surface area contributed by atoms with Gasteiger partial charge in [0.05, 0.1) is 5.69 Å². The fourth-order valence-electron chi connectivity index (χ4n) is 3.32. The van der Waals surface area contributed by atoms with Crippen molar-refractivity contribution in [1.82, 2.24) is 15.1 Å². The van der Waals surface area contributed by atoms with E-state index in [1.165, 1.54) is 41.9 Å². The number of aryl methyl sites for hydroxylation is 3. The third-order valence-corrected chi connectivity index (χ3v) is 4.28. The van der Waals surface area contributed by atoms with Crippen LogP contribution in [0.2, 0.25) is 0 Å². The largest absolute Gasteiger partial charge is 0.326 e. The fourth-order valence-corrected chi connectivity index (χ4v) is 3.32. The SMILES string of the molecule is CNCc1c(C)nn(C)c1N1CCCCc2ccccc21. The highest BCUT2D eigenvalue weighted by Crippen LogP contribution is 2.35. The monoisotopic (exact) mass is 284 g/mol. The molecule has 4 nitrogen and oxygen atoms in total. The normalized spacial score (nSPS) is 14.9. The van der Waals surface area contributed by atoms with Crippen molar-refractivity contribution < 1.29 is 0 Å². The summed E-state index contributed by atoms with van der Waals surface area (Å²) in [4.78, 5) is 2.45. The zero-order valence-electron chi connectivity index (χ0n) is 13.2. The van der Waals surface area contributed by atoms with Crippen LogP contribution in [0, 0.1) is 6.92 Å². The Morgan fingerprint density at radius 2 is 2.05 bits per heavy atom. The van der Waals surface area contributed by atoms with Crippen molar-refractivity contribution in [1.29, 1.82) is 0 Å². The third-order valence-electron chi connectivity index (χ3n) is 4.28. The molecule has 0 amide bonds. The lowest BCUT2D eigenvalue weighted by Crippen LogP contribution is -2.23. The van der Waals surface area contributed by atoms with Gasteiger partial charge in [0.15, 0.2) is 0 Å². The molecule has 21 heavy (non-hydrogen) atoms. The zero-order chi connectivity index (χ0) is 14.8. The molecule has 0 atom stereocenters. The third kappa shape index (κ3) is 2.56. The van der Waals surface area contributed by atoms with Crippen LogP contribution < -0.4 is 10.2 Å². The number of aromatic nitrogens is 2. The predicted octanol–water partition coefficient (Wildman–Crippen LogP) is 2.92. The molecule has 3 rings (SSSR count). The number of fused-ring (bicyclic) bond motifs is 1. The Hall–Kier alpha value is -1.81. The molecule has 0 saturated heterocycles. The molecular formula is C17H24N4. The molecule has 1 aliphatic heterocycles. The van der Waals surface area contributed by atoms with Gasteiger partial charge >= 0.3 is 0 Å². The van der Waals surface area contributed by atoms with E-state index in [-0.39, 0.29) is 0 Å². The van der Waals surface area contributed by atoms with E-state index in [0.29, 0.717) is 0 Å². The molecule has 0 spiro atoms. The van der Waals surface area contributed by atoms with E-state index in [4.69, 9.17) is 0 Å². The Morgan fingerprint density at radius 3 is 2.86 bits per heavy atom. The molecule has 0 fully saturated rings. The molecule has 1 aromatic carbocycles. The van der Waals surface area contributed by atoms with Gasteiger partial charge in [0.25, 0.3) is 0 Å². The average Bonchev–Trinajstić information content (AvgIpc) is 2.66. The Labute approximate surface area is 126 Å². The van der Waals surface area contributed by atoms with Crippen molar-refractivity contribution in [3.63, 3.8) is 0 Å². The maximum Gasteiger partial charge on any atom is 0.135 e. The van der Waals surface area contributed by atoms with E-state index >= 15 is 0 Å². The smallest absolute Gasteiger partial charge is 0.135 e. The molecule has 0 bridgehead atoms. The van der Waals surface area contributed by atoms with Crippen LogP contribution in [0.25, 0.3) is 0 Å². The van der Waals surface area contributed by atoms with Crippen molar-refractivity contribution in [3.05, 3.63) is 41.1 Å². The van der Waals surface area contributed by atoms with E-state index in [1.54, 1.807) is 0 Å². The second-order valence-electron chi connectivity index (χ2n) is 5.78. The quantitative estimate of drug-likeness (QED) is 0.941. The molecule has 0 unspecified atom stereocenters. The topological polar surface area (TPSA) is 33.1 Å². The molecule has 2 aromatic rings. The minimum absolute atomic E-state index is 0.855. The van der Waals surface area contributed by atoms with Gasteiger partial charge in [-0.2, -0.15) is 5.10 Å². The second kappa shape index (κ2) is 5.90. The lowest BCUT2D eigenvalue weighted by Gasteiger charge is -2.26. The molecule has 112 valence electrons. The van der Waals surface area contributed by atoms with Gasteiger partial charge in [0, 0.05) is 31.4 Å². The molecule has 1 N–H and O–H groups in total. The number of anilines is 2. The first-order valence-corrected chi connectivity index (χ1v) is 7.75. The van der Waals surface area contributed by atoms with E-state index in [0.717, 1.165) is 18.8 Å². The standard InChI is InChI=1S/C17H24N4/c1-13-15(12-18-2)17(20(3)19-13)21-11-7-6-9-14-8-4-5-10-16(14)21/h4-5,8,10,18H,6-7,9,11-12H2,1-3H3. The Morgan fingerprint density at radius 1 is 1.24 bits per heavy atom. The summed E-state index contributed by atoms with van der Waals surface area (Å²) in [5.41, 5.74) is 5.21. The summed E-state index contributed by atoms with van der Waals surface area (Å²) < 4.78 is 2.03. The lowest BCUT2D eigenvalue weighted by atomic mass is 10.1. The summed E-state index contributed by atoms with van der Waals surface area (Å²) in [6.07, 6.45) is 3.65. The van der Waals surface area contributed by atoms with Gasteiger partial charge in [-0.05, 0) is 44.9 Å². The van der Waals surface area contributed by atoms with Crippen LogP contribution in [-0.4, -0.2) is 23.4 Å². The molecule has 4 heteroatoms. The minimum atomic E-state index is 0.855. The molecule has 0 saturated carbocycles. The predicted molar refractivity (Wildman–Crippen MR) is 87.1 cm³/mol. The van der Waals surface area contributed by atoms with Gasteiger partial charge in [0.1, 0.15) is 5.82 Å². The number of hydrogen-bond donors (Lipinski definition) is 1. The summed E-state index contributed by atoms with van der Waals surface area (Å²) in [6, 6.07) is 8.78. The summed E-state index contributed by atoms with van der Waals surface area (Å²) in [5, 5.41) is 7.92. The highest BCUT2D eigenvalue weighted by Gasteiger charge is 2.23. The maximum atomic E-state index is 4.64. The number of rotatable bonds is 3. The van der Waals surface area contributed by atoms with Gasteiger partial charge in [-0.1, -0.05) is 18.2 Å². The van der Waals surface area contributed by atoms with Crippen LogP contribution >= 0.6 is 0 Å². The first kappa shape index (κ1) is 14.1. The van der Waals surface area contributed by atoms with Gasteiger partial charge in [-0.3, -0.25) is 4.68 Å². The van der Waals surface area contributed by atoms with Gasteiger partial charge in [0.2, 0.25) is 0 Å². The second-order valence-corrected chi connectivity index (χ2v) is 5.78.